The molecule has 0 saturated heterocycles. The molecular formula is C22H25F2N3O3. The van der Waals surface area contributed by atoms with E-state index >= 15 is 0 Å². The number of alkyl halides is 2. The van der Waals surface area contributed by atoms with Crippen molar-refractivity contribution in [2.75, 3.05) is 0 Å². The van der Waals surface area contributed by atoms with Crippen LogP contribution in [0.3, 0.4) is 0 Å². The second kappa shape index (κ2) is 6.75. The van der Waals surface area contributed by atoms with Crippen LogP contribution in [0.5, 0.6) is 0 Å². The van der Waals surface area contributed by atoms with Crippen LogP contribution in [0.1, 0.15) is 57.8 Å². The quantitative estimate of drug-likeness (QED) is 0.748. The third-order valence-corrected chi connectivity index (χ3v) is 7.13. The number of benzene rings is 1. The number of nitrogens with one attached hydrogen (secondary N) is 1. The lowest BCUT2D eigenvalue weighted by Gasteiger charge is -2.60. The van der Waals surface area contributed by atoms with Crippen molar-refractivity contribution < 1.29 is 23.1 Å². The molecule has 0 radical (unpaired) electrons. The maximum atomic E-state index is 13.6. The first kappa shape index (κ1) is 19.5. The lowest BCUT2D eigenvalue weighted by molar-refractivity contribution is -0.177. The lowest BCUT2D eigenvalue weighted by atomic mass is 9.47. The normalized spacial score (nSPS) is 32.0. The van der Waals surface area contributed by atoms with Crippen molar-refractivity contribution in [1.29, 1.82) is 0 Å². The number of amides is 1. The van der Waals surface area contributed by atoms with Gasteiger partial charge >= 0.3 is 12.5 Å². The molecule has 6 rings (SSSR count). The minimum Gasteiger partial charge on any atom is -0.457 e. The largest absolute Gasteiger partial charge is 0.457 e. The highest BCUT2D eigenvalue weighted by Crippen LogP contribution is 2.62. The van der Waals surface area contributed by atoms with Crippen molar-refractivity contribution >= 4 is 22.9 Å². The summed E-state index contributed by atoms with van der Waals surface area (Å²) in [7, 11) is 0. The van der Waals surface area contributed by atoms with Crippen LogP contribution in [0, 0.1) is 17.3 Å². The average Bonchev–Trinajstić information content (AvgIpc) is 3.02. The van der Waals surface area contributed by atoms with Gasteiger partial charge in [-0.15, -0.1) is 0 Å². The fourth-order valence-corrected chi connectivity index (χ4v) is 6.72. The predicted molar refractivity (Wildman–Crippen MR) is 104 cm³/mol. The Hall–Kier alpha value is -2.51. The number of aromatic nitrogens is 2. The van der Waals surface area contributed by atoms with Crippen LogP contribution in [-0.4, -0.2) is 27.0 Å². The zero-order valence-corrected chi connectivity index (χ0v) is 16.9. The standard InChI is InChI=1S/C22H25F2N3O3/c1-13(28)26-22-9-14-6-15(10-22)8-21(7-14,12-22)19(29)30-11-18-25-16-4-2-3-5-17(16)27(18)20(23)24/h2-5,14-15,20H,6-12H2,1H3,(H,26,28). The summed E-state index contributed by atoms with van der Waals surface area (Å²) in [5.74, 6) is 0.388. The summed E-state index contributed by atoms with van der Waals surface area (Å²) >= 11 is 0. The number of fused-ring (bicyclic) bond motifs is 1. The van der Waals surface area contributed by atoms with Crippen LogP contribution in [0.15, 0.2) is 24.3 Å². The van der Waals surface area contributed by atoms with Crippen LogP contribution >= 0.6 is 0 Å². The molecule has 0 spiro atoms. The highest BCUT2D eigenvalue weighted by atomic mass is 19.3. The van der Waals surface area contributed by atoms with E-state index in [4.69, 9.17) is 4.74 Å². The Kier molecular flexibility index (Phi) is 4.38. The third kappa shape index (κ3) is 3.08. The average molecular weight is 417 g/mol. The summed E-state index contributed by atoms with van der Waals surface area (Å²) in [4.78, 5) is 29.3. The number of hydrogen-bond acceptors (Lipinski definition) is 4. The maximum Gasteiger partial charge on any atom is 0.320 e. The Bertz CT molecular complexity index is 1000. The van der Waals surface area contributed by atoms with Gasteiger partial charge in [0.05, 0.1) is 16.4 Å². The number of hydrogen-bond donors (Lipinski definition) is 1. The third-order valence-electron chi connectivity index (χ3n) is 7.13. The lowest BCUT2D eigenvalue weighted by Crippen LogP contribution is -2.64. The molecule has 30 heavy (non-hydrogen) atoms. The Morgan fingerprint density at radius 3 is 2.60 bits per heavy atom. The fourth-order valence-electron chi connectivity index (χ4n) is 6.72. The molecule has 1 aromatic heterocycles. The molecule has 4 aliphatic rings. The molecule has 2 unspecified atom stereocenters. The van der Waals surface area contributed by atoms with Crippen molar-refractivity contribution in [2.45, 2.75) is 64.1 Å². The van der Waals surface area contributed by atoms with E-state index in [0.717, 1.165) is 36.7 Å². The first-order chi connectivity index (χ1) is 14.3. The van der Waals surface area contributed by atoms with Crippen LogP contribution in [0.2, 0.25) is 0 Å². The zero-order chi connectivity index (χ0) is 21.1. The zero-order valence-electron chi connectivity index (χ0n) is 16.9. The van der Waals surface area contributed by atoms with Crippen LogP contribution in [0.4, 0.5) is 8.78 Å². The summed E-state index contributed by atoms with van der Waals surface area (Å²) in [6.45, 7) is -1.55. The Morgan fingerprint density at radius 2 is 1.93 bits per heavy atom. The molecule has 1 heterocycles. The molecular weight excluding hydrogens is 392 g/mol. The smallest absolute Gasteiger partial charge is 0.320 e. The fraction of sp³-hybridized carbons (Fsp3) is 0.591. The van der Waals surface area contributed by atoms with Gasteiger partial charge in [0.2, 0.25) is 5.91 Å². The number of ether oxygens (including phenoxy) is 1. The number of halogens is 2. The van der Waals surface area contributed by atoms with Gasteiger partial charge in [0, 0.05) is 12.5 Å². The molecule has 1 amide bonds. The van der Waals surface area contributed by atoms with E-state index in [0.29, 0.717) is 29.3 Å². The van der Waals surface area contributed by atoms with Gasteiger partial charge < -0.3 is 10.1 Å². The van der Waals surface area contributed by atoms with Crippen molar-refractivity contribution in [3.8, 4) is 0 Å². The van der Waals surface area contributed by atoms with E-state index in [9.17, 15) is 18.4 Å². The second-order valence-corrected chi connectivity index (χ2v) is 9.44. The van der Waals surface area contributed by atoms with Crippen LogP contribution in [0.25, 0.3) is 11.0 Å². The minimum absolute atomic E-state index is 0.0425. The van der Waals surface area contributed by atoms with Gasteiger partial charge in [-0.25, -0.2) is 4.98 Å². The summed E-state index contributed by atoms with van der Waals surface area (Å²) in [6, 6.07) is 6.65. The molecule has 160 valence electrons. The molecule has 8 heteroatoms. The summed E-state index contributed by atoms with van der Waals surface area (Å²) in [5.41, 5.74) is -0.222. The van der Waals surface area contributed by atoms with Crippen LogP contribution < -0.4 is 5.32 Å². The maximum absolute atomic E-state index is 13.6. The number of esters is 1. The molecule has 1 aromatic carbocycles. The van der Waals surface area contributed by atoms with Crippen molar-refractivity contribution in [2.24, 2.45) is 17.3 Å². The van der Waals surface area contributed by atoms with E-state index < -0.39 is 12.0 Å². The molecule has 4 bridgehead atoms. The number of imidazole rings is 1. The van der Waals surface area contributed by atoms with Crippen molar-refractivity contribution in [3.63, 3.8) is 0 Å². The topological polar surface area (TPSA) is 73.2 Å². The molecule has 1 N–H and O–H groups in total. The SMILES string of the molecule is CC(=O)NC12CC3CC(C1)CC(C(=O)OCc1nc4ccccc4n1C(F)F)(C3)C2. The van der Waals surface area contributed by atoms with Gasteiger partial charge in [-0.3, -0.25) is 14.2 Å². The molecule has 2 atom stereocenters. The van der Waals surface area contributed by atoms with Crippen LogP contribution in [-0.2, 0) is 20.9 Å². The summed E-state index contributed by atoms with van der Waals surface area (Å²) in [6.07, 6.45) is 4.94. The van der Waals surface area contributed by atoms with Gasteiger partial charge in [0.15, 0.2) is 5.82 Å². The van der Waals surface area contributed by atoms with Gasteiger partial charge in [0.1, 0.15) is 6.61 Å². The molecule has 4 saturated carbocycles. The van der Waals surface area contributed by atoms with E-state index in [1.54, 1.807) is 24.3 Å². The van der Waals surface area contributed by atoms with E-state index in [1.807, 2.05) is 0 Å². The highest BCUT2D eigenvalue weighted by Gasteiger charge is 2.61. The van der Waals surface area contributed by atoms with Gasteiger partial charge in [0.25, 0.3) is 0 Å². The molecule has 6 nitrogen and oxygen atoms in total. The van der Waals surface area contributed by atoms with Crippen molar-refractivity contribution in [1.82, 2.24) is 14.9 Å². The summed E-state index contributed by atoms with van der Waals surface area (Å²) < 4.78 is 33.7. The van der Waals surface area contributed by atoms with E-state index in [1.165, 1.54) is 6.92 Å². The molecule has 4 aliphatic carbocycles. The molecule has 0 aliphatic heterocycles. The first-order valence-electron chi connectivity index (χ1n) is 10.5. The van der Waals surface area contributed by atoms with E-state index in [-0.39, 0.29) is 29.8 Å². The monoisotopic (exact) mass is 417 g/mol. The first-order valence-corrected chi connectivity index (χ1v) is 10.5. The number of carbonyl (C=O) groups is 2. The number of carbonyl (C=O) groups excluding carboxylic acids is 2. The summed E-state index contributed by atoms with van der Waals surface area (Å²) in [5, 5.41) is 3.12. The van der Waals surface area contributed by atoms with Crippen molar-refractivity contribution in [3.05, 3.63) is 30.1 Å². The molecule has 2 aromatic rings. The minimum atomic E-state index is -2.77. The number of para-hydroxylation sites is 2. The number of nitrogens with zero attached hydrogens (tertiary/aromatic N) is 2. The highest BCUT2D eigenvalue weighted by molar-refractivity contribution is 5.79. The second-order valence-electron chi connectivity index (χ2n) is 9.44. The Labute approximate surface area is 173 Å². The Balaban J connectivity index is 1.38. The Morgan fingerprint density at radius 1 is 1.23 bits per heavy atom. The van der Waals surface area contributed by atoms with Gasteiger partial charge in [-0.1, -0.05) is 12.1 Å². The van der Waals surface area contributed by atoms with Gasteiger partial charge in [-0.05, 0) is 62.5 Å². The number of rotatable bonds is 5. The van der Waals surface area contributed by atoms with E-state index in [2.05, 4.69) is 10.3 Å². The van der Waals surface area contributed by atoms with Gasteiger partial charge in [-0.2, -0.15) is 8.78 Å². The molecule has 4 fully saturated rings. The predicted octanol–water partition coefficient (Wildman–Crippen LogP) is 3.95.